The lowest BCUT2D eigenvalue weighted by atomic mass is 10.0. The van der Waals surface area contributed by atoms with E-state index in [0.717, 1.165) is 40.2 Å². The number of halogens is 1. The molecule has 0 radical (unpaired) electrons. The van der Waals surface area contributed by atoms with Crippen LogP contribution in [0.3, 0.4) is 0 Å². The first-order chi connectivity index (χ1) is 22.1. The lowest BCUT2D eigenvalue weighted by Crippen LogP contribution is -2.36. The van der Waals surface area contributed by atoms with Gasteiger partial charge in [0.25, 0.3) is 0 Å². The summed E-state index contributed by atoms with van der Waals surface area (Å²) in [6.07, 6.45) is 4.34. The summed E-state index contributed by atoms with van der Waals surface area (Å²) in [5.74, 6) is 3.74. The molecule has 6 rings (SSSR count). The molecule has 1 aliphatic heterocycles. The summed E-state index contributed by atoms with van der Waals surface area (Å²) in [6, 6.07) is 9.64. The van der Waals surface area contributed by atoms with Gasteiger partial charge in [0.15, 0.2) is 17.2 Å². The number of amides is 1. The predicted octanol–water partition coefficient (Wildman–Crippen LogP) is 8.65. The van der Waals surface area contributed by atoms with Crippen molar-refractivity contribution in [3.63, 3.8) is 0 Å². The predicted molar refractivity (Wildman–Crippen MR) is 190 cm³/mol. The van der Waals surface area contributed by atoms with E-state index in [4.69, 9.17) is 28.6 Å². The van der Waals surface area contributed by atoms with Gasteiger partial charge in [0.2, 0.25) is 0 Å². The summed E-state index contributed by atoms with van der Waals surface area (Å²) in [5.41, 5.74) is 2.94. The van der Waals surface area contributed by atoms with Crippen molar-refractivity contribution >= 4 is 74.7 Å². The number of anilines is 3. The number of hydrogen-bond acceptors (Lipinski definition) is 11. The van der Waals surface area contributed by atoms with E-state index in [1.54, 1.807) is 26.2 Å². The molecular formula is C31H38IN6O6PS. The standard InChI is InChI=1S/C31H38IN6O6PS/c1-31(2,3)43-30(39)37-11-7-8-21(37)18-12-25(41-5)28(26(13-18)42-6)46-36-29-19-14-24(40-4)20(15-23(19)44-35-29)33-27-16-22(17-9-10-17)38(34-27)45-32/h12-17,21,45H,7-11H2,1-6H3,(H,33,34)(H,35,36). The SMILES string of the molecule is COc1cc2c(NSc3c(OC)cc(C4CCCN4C(=O)OC(C)(C)C)cc3OC)noc2cc1Nc1cc(C2CC2)n(PI)n1. The van der Waals surface area contributed by atoms with Crippen molar-refractivity contribution in [2.75, 3.05) is 37.9 Å². The molecule has 15 heteroatoms. The molecule has 4 aromatic rings. The molecule has 2 N–H and O–H groups in total. The number of carbonyl (C=O) groups excluding carboxylic acids is 1. The first kappa shape index (κ1) is 32.8. The molecule has 0 bridgehead atoms. The van der Waals surface area contributed by atoms with E-state index in [1.165, 1.54) is 30.5 Å². The minimum Gasteiger partial charge on any atom is -0.495 e. The van der Waals surface area contributed by atoms with Crippen molar-refractivity contribution in [2.24, 2.45) is 0 Å². The first-order valence-corrected chi connectivity index (χ1v) is 19.9. The van der Waals surface area contributed by atoms with Crippen LogP contribution in [0, 0.1) is 0 Å². The van der Waals surface area contributed by atoms with Crippen LogP contribution in [0.4, 0.5) is 22.1 Å². The maximum atomic E-state index is 13.0. The third kappa shape index (κ3) is 6.93. The van der Waals surface area contributed by atoms with Crippen LogP contribution in [0.25, 0.3) is 11.0 Å². The number of carbonyl (C=O) groups is 1. The third-order valence-corrected chi connectivity index (χ3v) is 10.7. The Balaban J connectivity index is 1.22. The summed E-state index contributed by atoms with van der Waals surface area (Å²) >= 11 is 3.66. The van der Waals surface area contributed by atoms with Crippen LogP contribution in [0.5, 0.6) is 17.2 Å². The Morgan fingerprint density at radius 2 is 1.76 bits per heavy atom. The van der Waals surface area contributed by atoms with Crippen molar-refractivity contribution in [3.8, 4) is 17.2 Å². The zero-order valence-corrected chi connectivity index (χ0v) is 30.6. The van der Waals surface area contributed by atoms with E-state index in [1.807, 2.05) is 45.0 Å². The van der Waals surface area contributed by atoms with E-state index in [-0.39, 0.29) is 12.1 Å². The number of nitrogens with zero attached hydrogens (tertiary/aromatic N) is 4. The molecule has 2 aromatic heterocycles. The minimum atomic E-state index is -0.572. The van der Waals surface area contributed by atoms with E-state index in [9.17, 15) is 4.79 Å². The topological polar surface area (TPSA) is 125 Å². The zero-order valence-electron chi connectivity index (χ0n) is 26.6. The van der Waals surface area contributed by atoms with E-state index < -0.39 is 5.60 Å². The number of methoxy groups -OCH3 is 3. The summed E-state index contributed by atoms with van der Waals surface area (Å²) in [4.78, 5) is 15.5. The molecule has 2 aliphatic rings. The first-order valence-electron chi connectivity index (χ1n) is 15.0. The Labute approximate surface area is 287 Å². The molecule has 3 heterocycles. The van der Waals surface area contributed by atoms with Crippen molar-refractivity contribution in [3.05, 3.63) is 41.6 Å². The minimum absolute atomic E-state index is 0.143. The summed E-state index contributed by atoms with van der Waals surface area (Å²) in [7, 11) is 4.86. The fourth-order valence-electron chi connectivity index (χ4n) is 5.58. The molecular weight excluding hydrogens is 742 g/mol. The number of benzene rings is 2. The Hall–Kier alpha value is -3.10. The zero-order chi connectivity index (χ0) is 32.6. The van der Waals surface area contributed by atoms with Crippen molar-refractivity contribution in [1.29, 1.82) is 0 Å². The van der Waals surface area contributed by atoms with Gasteiger partial charge >= 0.3 is 6.09 Å². The lowest BCUT2D eigenvalue weighted by molar-refractivity contribution is 0.0224. The highest BCUT2D eigenvalue weighted by Crippen LogP contribution is 2.46. The van der Waals surface area contributed by atoms with Crippen LogP contribution in [-0.4, -0.2) is 59.2 Å². The maximum absolute atomic E-state index is 13.0. The normalized spacial score (nSPS) is 16.8. The second-order valence-electron chi connectivity index (χ2n) is 12.2. The second-order valence-corrected chi connectivity index (χ2v) is 15.1. The molecule has 246 valence electrons. The number of ether oxygens (including phenoxy) is 4. The molecule has 2 atom stereocenters. The number of hydrogen-bond donors (Lipinski definition) is 2. The smallest absolute Gasteiger partial charge is 0.410 e. The molecule has 1 saturated carbocycles. The van der Waals surface area contributed by atoms with Crippen LogP contribution >= 0.6 is 40.4 Å². The molecule has 1 aliphatic carbocycles. The molecule has 2 aromatic carbocycles. The quantitative estimate of drug-likeness (QED) is 0.0864. The maximum Gasteiger partial charge on any atom is 0.410 e. The van der Waals surface area contributed by atoms with Gasteiger partial charge in [-0.1, -0.05) is 5.16 Å². The fourth-order valence-corrected chi connectivity index (χ4v) is 8.06. The molecule has 12 nitrogen and oxygen atoms in total. The fraction of sp³-hybridized carbons (Fsp3) is 0.452. The Morgan fingerprint density at radius 3 is 2.39 bits per heavy atom. The molecule has 2 fully saturated rings. The Kier molecular flexibility index (Phi) is 9.68. The number of nitrogens with one attached hydrogen (secondary N) is 2. The van der Waals surface area contributed by atoms with Gasteiger partial charge in [0.1, 0.15) is 27.7 Å². The Morgan fingerprint density at radius 1 is 1.04 bits per heavy atom. The summed E-state index contributed by atoms with van der Waals surface area (Å²) in [6.45, 7) is 6.25. The molecule has 1 amide bonds. The molecule has 2 unspecified atom stereocenters. The highest BCUT2D eigenvalue weighted by Gasteiger charge is 2.34. The van der Waals surface area contributed by atoms with Crippen LogP contribution in [0.2, 0.25) is 0 Å². The monoisotopic (exact) mass is 780 g/mol. The van der Waals surface area contributed by atoms with E-state index in [0.29, 0.717) is 47.5 Å². The molecule has 0 spiro atoms. The van der Waals surface area contributed by atoms with E-state index in [2.05, 4.69) is 47.8 Å². The number of likely N-dealkylation sites (tertiary alicyclic amines) is 1. The average molecular weight is 781 g/mol. The van der Waals surface area contributed by atoms with Gasteiger partial charge in [-0.05, 0) is 104 Å². The van der Waals surface area contributed by atoms with Crippen molar-refractivity contribution < 1.29 is 28.3 Å². The van der Waals surface area contributed by atoms with Gasteiger partial charge in [-0.2, -0.15) is 5.10 Å². The van der Waals surface area contributed by atoms with Gasteiger partial charge < -0.3 is 38.4 Å². The van der Waals surface area contributed by atoms with Gasteiger partial charge in [0, 0.05) is 30.3 Å². The van der Waals surface area contributed by atoms with Crippen LogP contribution in [-0.2, 0) is 4.74 Å². The van der Waals surface area contributed by atoms with Crippen LogP contribution in [0.1, 0.15) is 69.7 Å². The third-order valence-electron chi connectivity index (χ3n) is 7.87. The lowest BCUT2D eigenvalue weighted by Gasteiger charge is -2.29. The van der Waals surface area contributed by atoms with Gasteiger partial charge in [0.05, 0.1) is 44.8 Å². The Bertz CT molecular complexity index is 1710. The highest BCUT2D eigenvalue weighted by atomic mass is 127. The number of aromatic nitrogens is 3. The van der Waals surface area contributed by atoms with Crippen LogP contribution in [0.15, 0.2) is 39.8 Å². The molecule has 46 heavy (non-hydrogen) atoms. The number of fused-ring (bicyclic) bond motifs is 1. The number of rotatable bonds is 11. The van der Waals surface area contributed by atoms with Crippen molar-refractivity contribution in [1.82, 2.24) is 19.6 Å². The highest BCUT2D eigenvalue weighted by molar-refractivity contribution is 14.2. The van der Waals surface area contributed by atoms with E-state index >= 15 is 0 Å². The summed E-state index contributed by atoms with van der Waals surface area (Å²) < 4.78 is 34.1. The van der Waals surface area contributed by atoms with Gasteiger partial charge in [-0.15, -0.1) is 0 Å². The van der Waals surface area contributed by atoms with Gasteiger partial charge in [-0.25, -0.2) is 9.25 Å². The van der Waals surface area contributed by atoms with Crippen molar-refractivity contribution in [2.45, 2.75) is 68.9 Å². The largest absolute Gasteiger partial charge is 0.495 e. The summed E-state index contributed by atoms with van der Waals surface area (Å²) in [5, 5.41) is 13.2. The van der Waals surface area contributed by atoms with Crippen LogP contribution < -0.4 is 24.2 Å². The molecule has 1 saturated heterocycles. The second kappa shape index (κ2) is 13.6. The van der Waals surface area contributed by atoms with Gasteiger partial charge in [-0.3, -0.25) is 0 Å². The average Bonchev–Trinajstić information content (AvgIpc) is 3.42.